The van der Waals surface area contributed by atoms with Crippen LogP contribution in [0.25, 0.3) is 0 Å². The van der Waals surface area contributed by atoms with Gasteiger partial charge >= 0.3 is 0 Å². The molecule has 1 heterocycles. The fraction of sp³-hybridized carbons (Fsp3) is 0.533. The molecule has 0 atom stereocenters. The van der Waals surface area contributed by atoms with Crippen LogP contribution in [0.3, 0.4) is 0 Å². The van der Waals surface area contributed by atoms with Gasteiger partial charge in [0.1, 0.15) is 5.82 Å². The first-order valence-electron chi connectivity index (χ1n) is 6.30. The van der Waals surface area contributed by atoms with Gasteiger partial charge in [-0.05, 0) is 25.3 Å². The zero-order valence-electron chi connectivity index (χ0n) is 11.3. The summed E-state index contributed by atoms with van der Waals surface area (Å²) >= 11 is 0. The lowest BCUT2D eigenvalue weighted by Gasteiger charge is -2.41. The highest BCUT2D eigenvalue weighted by molar-refractivity contribution is 5.71. The second kappa shape index (κ2) is 6.43. The van der Waals surface area contributed by atoms with Crippen LogP contribution in [0, 0.1) is 11.8 Å². The summed E-state index contributed by atoms with van der Waals surface area (Å²) in [6.07, 6.45) is 6.77. The molecule has 0 aromatic carbocycles. The third kappa shape index (κ3) is 4.22. The highest BCUT2D eigenvalue weighted by atomic mass is 15.3. The average Bonchev–Trinajstić information content (AvgIpc) is 2.18. The molecule has 0 amide bonds. The summed E-state index contributed by atoms with van der Waals surface area (Å²) in [7, 11) is 0. The molecule has 0 unspecified atom stereocenters. The van der Waals surface area contributed by atoms with Crippen molar-refractivity contribution in [1.82, 2.24) is 4.90 Å². The van der Waals surface area contributed by atoms with Gasteiger partial charge in [-0.15, -0.1) is 0 Å². The predicted octanol–water partition coefficient (Wildman–Crippen LogP) is 3.64. The van der Waals surface area contributed by atoms with Crippen LogP contribution in [0.5, 0.6) is 0 Å². The molecule has 17 heavy (non-hydrogen) atoms. The van der Waals surface area contributed by atoms with E-state index >= 15 is 0 Å². The van der Waals surface area contributed by atoms with E-state index in [1.54, 1.807) is 12.3 Å². The summed E-state index contributed by atoms with van der Waals surface area (Å²) in [5.41, 5.74) is 1.28. The SMILES string of the molecule is C=CC=N/C(=C\CC(C)C)N1CC(C(=C)C)C1. The minimum Gasteiger partial charge on any atom is -0.356 e. The molecule has 0 radical (unpaired) electrons. The Kier molecular flexibility index (Phi) is 5.20. The lowest BCUT2D eigenvalue weighted by Crippen LogP contribution is -2.45. The minimum absolute atomic E-state index is 0.636. The first-order chi connectivity index (χ1) is 8.04. The number of nitrogens with zero attached hydrogens (tertiary/aromatic N) is 2. The van der Waals surface area contributed by atoms with Crippen molar-refractivity contribution in [1.29, 1.82) is 0 Å². The topological polar surface area (TPSA) is 15.6 Å². The fourth-order valence-corrected chi connectivity index (χ4v) is 1.71. The summed E-state index contributed by atoms with van der Waals surface area (Å²) < 4.78 is 0. The van der Waals surface area contributed by atoms with Crippen LogP contribution in [0.2, 0.25) is 0 Å². The first kappa shape index (κ1) is 13.8. The Morgan fingerprint density at radius 1 is 1.47 bits per heavy atom. The average molecular weight is 232 g/mol. The lowest BCUT2D eigenvalue weighted by molar-refractivity contribution is 0.168. The molecule has 1 saturated heterocycles. The van der Waals surface area contributed by atoms with Gasteiger partial charge in [0, 0.05) is 25.2 Å². The normalized spacial score (nSPS) is 17.6. The molecule has 0 aromatic heterocycles. The van der Waals surface area contributed by atoms with E-state index in [-0.39, 0.29) is 0 Å². The molecule has 0 saturated carbocycles. The summed E-state index contributed by atoms with van der Waals surface area (Å²) in [6, 6.07) is 0. The van der Waals surface area contributed by atoms with Crippen molar-refractivity contribution in [3.63, 3.8) is 0 Å². The van der Waals surface area contributed by atoms with Crippen LogP contribution >= 0.6 is 0 Å². The second-order valence-corrected chi connectivity index (χ2v) is 5.15. The third-order valence-corrected chi connectivity index (χ3v) is 2.99. The van der Waals surface area contributed by atoms with E-state index in [2.05, 4.69) is 49.9 Å². The van der Waals surface area contributed by atoms with Crippen molar-refractivity contribution in [2.75, 3.05) is 13.1 Å². The van der Waals surface area contributed by atoms with Crippen molar-refractivity contribution in [3.05, 3.63) is 36.7 Å². The molecule has 0 spiro atoms. The third-order valence-electron chi connectivity index (χ3n) is 2.99. The molecular formula is C15H24N2. The van der Waals surface area contributed by atoms with Crippen molar-refractivity contribution < 1.29 is 0 Å². The largest absolute Gasteiger partial charge is 0.356 e. The minimum atomic E-state index is 0.636. The molecular weight excluding hydrogens is 208 g/mol. The van der Waals surface area contributed by atoms with Crippen LogP contribution < -0.4 is 0 Å². The van der Waals surface area contributed by atoms with Crippen LogP contribution in [0.4, 0.5) is 0 Å². The standard InChI is InChI=1S/C15H24N2/c1-6-9-16-15(8-7-12(2)3)17-10-14(11-17)13(4)5/h6,8-9,12,14H,1,4,7,10-11H2,2-3,5H3/b15-8+,16-9?. The van der Waals surface area contributed by atoms with Crippen molar-refractivity contribution in [3.8, 4) is 0 Å². The van der Waals surface area contributed by atoms with Gasteiger partial charge in [0.25, 0.3) is 0 Å². The van der Waals surface area contributed by atoms with Crippen molar-refractivity contribution in [2.45, 2.75) is 27.2 Å². The number of hydrogen-bond acceptors (Lipinski definition) is 2. The molecule has 0 N–H and O–H groups in total. The smallest absolute Gasteiger partial charge is 0.124 e. The van der Waals surface area contributed by atoms with Crippen LogP contribution in [0.15, 0.2) is 41.7 Å². The van der Waals surface area contributed by atoms with Gasteiger partial charge in [0.15, 0.2) is 0 Å². The number of aliphatic imine (C=N–C) groups is 1. The van der Waals surface area contributed by atoms with E-state index in [1.165, 1.54) is 5.57 Å². The molecule has 0 aromatic rings. The summed E-state index contributed by atoms with van der Waals surface area (Å²) in [5, 5.41) is 0. The second-order valence-electron chi connectivity index (χ2n) is 5.15. The molecule has 1 rings (SSSR count). The number of likely N-dealkylation sites (tertiary alicyclic amines) is 1. The maximum Gasteiger partial charge on any atom is 0.124 e. The Balaban J connectivity index is 2.59. The molecule has 1 aliphatic rings. The molecule has 1 fully saturated rings. The monoisotopic (exact) mass is 232 g/mol. The highest BCUT2D eigenvalue weighted by Gasteiger charge is 2.28. The Morgan fingerprint density at radius 2 is 2.12 bits per heavy atom. The molecule has 2 nitrogen and oxygen atoms in total. The van der Waals surface area contributed by atoms with Gasteiger partial charge in [0.2, 0.25) is 0 Å². The molecule has 2 heteroatoms. The molecule has 0 aliphatic carbocycles. The van der Waals surface area contributed by atoms with E-state index in [4.69, 9.17) is 0 Å². The van der Waals surface area contributed by atoms with E-state index in [1.807, 2.05) is 0 Å². The maximum atomic E-state index is 4.44. The van der Waals surface area contributed by atoms with E-state index in [0.29, 0.717) is 11.8 Å². The number of hydrogen-bond donors (Lipinski definition) is 0. The van der Waals surface area contributed by atoms with Crippen LogP contribution in [-0.2, 0) is 0 Å². The zero-order valence-corrected chi connectivity index (χ0v) is 11.3. The van der Waals surface area contributed by atoms with Crippen LogP contribution in [-0.4, -0.2) is 24.2 Å². The Bertz CT molecular complexity index is 331. The maximum absolute atomic E-state index is 4.44. The molecule has 1 aliphatic heterocycles. The summed E-state index contributed by atoms with van der Waals surface area (Å²) in [5.74, 6) is 2.38. The summed E-state index contributed by atoms with van der Waals surface area (Å²) in [6.45, 7) is 16.3. The van der Waals surface area contributed by atoms with Gasteiger partial charge in [0.05, 0.1) is 0 Å². The van der Waals surface area contributed by atoms with Gasteiger partial charge in [-0.25, -0.2) is 4.99 Å². The first-order valence-corrected chi connectivity index (χ1v) is 6.30. The van der Waals surface area contributed by atoms with E-state index in [9.17, 15) is 0 Å². The van der Waals surface area contributed by atoms with Gasteiger partial charge in [-0.2, -0.15) is 0 Å². The van der Waals surface area contributed by atoms with Crippen molar-refractivity contribution in [2.24, 2.45) is 16.8 Å². The number of allylic oxidation sites excluding steroid dienone is 2. The molecule has 0 bridgehead atoms. The lowest BCUT2D eigenvalue weighted by atomic mass is 9.93. The fourth-order valence-electron chi connectivity index (χ4n) is 1.71. The van der Waals surface area contributed by atoms with Crippen molar-refractivity contribution >= 4 is 6.21 Å². The Hall–Kier alpha value is -1.31. The zero-order chi connectivity index (χ0) is 12.8. The summed E-state index contributed by atoms with van der Waals surface area (Å²) in [4.78, 5) is 6.75. The van der Waals surface area contributed by atoms with Gasteiger partial charge in [-0.1, -0.05) is 38.7 Å². The predicted molar refractivity (Wildman–Crippen MR) is 76.1 cm³/mol. The number of rotatable bonds is 6. The van der Waals surface area contributed by atoms with E-state index in [0.717, 1.165) is 25.3 Å². The molecule has 94 valence electrons. The van der Waals surface area contributed by atoms with E-state index < -0.39 is 0 Å². The Morgan fingerprint density at radius 3 is 2.59 bits per heavy atom. The quantitative estimate of drug-likeness (QED) is 0.504. The van der Waals surface area contributed by atoms with Gasteiger partial charge in [-0.3, -0.25) is 0 Å². The highest BCUT2D eigenvalue weighted by Crippen LogP contribution is 2.26. The van der Waals surface area contributed by atoms with Gasteiger partial charge < -0.3 is 4.90 Å². The Labute approximate surface area is 105 Å². The van der Waals surface area contributed by atoms with Crippen LogP contribution in [0.1, 0.15) is 27.2 Å².